The molecule has 4 heteroatoms. The summed E-state index contributed by atoms with van der Waals surface area (Å²) in [4.78, 5) is 12.0. The second-order valence-electron chi connectivity index (χ2n) is 4.33. The molecule has 2 aromatic rings. The fraction of sp³-hybridized carbons (Fsp3) is 0.267. The molecule has 0 saturated heterocycles. The molecule has 0 amide bonds. The molecule has 0 fully saturated rings. The highest BCUT2D eigenvalue weighted by molar-refractivity contribution is 9.10. The molecule has 1 heterocycles. The summed E-state index contributed by atoms with van der Waals surface area (Å²) in [6.07, 6.45) is 1.92. The van der Waals surface area contributed by atoms with Gasteiger partial charge >= 0.3 is 5.97 Å². The third-order valence-electron chi connectivity index (χ3n) is 2.88. The lowest BCUT2D eigenvalue weighted by Crippen LogP contribution is -2.13. The number of ether oxygens (including phenoxy) is 1. The van der Waals surface area contributed by atoms with Crippen molar-refractivity contribution < 1.29 is 9.53 Å². The largest absolute Gasteiger partial charge is 0.461 e. The van der Waals surface area contributed by atoms with Crippen molar-refractivity contribution in [3.8, 4) is 0 Å². The highest BCUT2D eigenvalue weighted by Gasteiger charge is 2.15. The second-order valence-corrected chi connectivity index (χ2v) is 5.24. The van der Waals surface area contributed by atoms with Crippen molar-refractivity contribution in [3.63, 3.8) is 0 Å². The van der Waals surface area contributed by atoms with Crippen molar-refractivity contribution in [1.29, 1.82) is 0 Å². The smallest absolute Gasteiger partial charge is 0.355 e. The van der Waals surface area contributed by atoms with Crippen LogP contribution in [0.2, 0.25) is 0 Å². The number of nitrogens with zero attached hydrogens (tertiary/aromatic N) is 1. The Bertz CT molecular complexity index is 590. The van der Waals surface area contributed by atoms with Crippen LogP contribution in [0.5, 0.6) is 0 Å². The molecular formula is C15H16BrNO2. The quantitative estimate of drug-likeness (QED) is 0.802. The summed E-state index contributed by atoms with van der Waals surface area (Å²) in [7, 11) is 0. The lowest BCUT2D eigenvalue weighted by atomic mass is 10.2. The first-order valence-corrected chi connectivity index (χ1v) is 6.98. The number of carbonyl (C=O) groups is 1. The number of hydrogen-bond acceptors (Lipinski definition) is 2. The van der Waals surface area contributed by atoms with E-state index in [1.807, 2.05) is 54.9 Å². The van der Waals surface area contributed by atoms with Gasteiger partial charge in [-0.05, 0) is 43.2 Å². The van der Waals surface area contributed by atoms with Gasteiger partial charge in [-0.3, -0.25) is 0 Å². The number of aryl methyl sites for hydroxylation is 1. The molecule has 0 unspecified atom stereocenters. The Balaban J connectivity index is 2.28. The molecule has 0 aliphatic heterocycles. The van der Waals surface area contributed by atoms with Crippen LogP contribution in [0.25, 0.3) is 0 Å². The minimum absolute atomic E-state index is 0.264. The Kier molecular flexibility index (Phi) is 4.43. The number of rotatable bonds is 4. The fourth-order valence-corrected chi connectivity index (χ4v) is 2.47. The zero-order valence-electron chi connectivity index (χ0n) is 11.0. The van der Waals surface area contributed by atoms with Gasteiger partial charge in [-0.2, -0.15) is 0 Å². The highest BCUT2D eigenvalue weighted by atomic mass is 79.9. The van der Waals surface area contributed by atoms with E-state index in [1.54, 1.807) is 0 Å². The van der Waals surface area contributed by atoms with Gasteiger partial charge < -0.3 is 9.30 Å². The van der Waals surface area contributed by atoms with Crippen molar-refractivity contribution in [1.82, 2.24) is 4.57 Å². The van der Waals surface area contributed by atoms with Crippen molar-refractivity contribution in [2.75, 3.05) is 6.61 Å². The monoisotopic (exact) mass is 321 g/mol. The first-order valence-electron chi connectivity index (χ1n) is 6.19. The summed E-state index contributed by atoms with van der Waals surface area (Å²) in [5, 5.41) is 0. The normalized spacial score (nSPS) is 10.5. The maximum absolute atomic E-state index is 12.0. The van der Waals surface area contributed by atoms with E-state index >= 15 is 0 Å². The van der Waals surface area contributed by atoms with E-state index in [9.17, 15) is 4.79 Å². The Morgan fingerprint density at radius 3 is 2.84 bits per heavy atom. The SMILES string of the molecule is CCOC(=O)c1c(C)ccn1Cc1cccc(Br)c1. The summed E-state index contributed by atoms with van der Waals surface area (Å²) in [6.45, 7) is 4.78. The molecule has 0 atom stereocenters. The van der Waals surface area contributed by atoms with Crippen LogP contribution in [0.15, 0.2) is 41.0 Å². The van der Waals surface area contributed by atoms with Crippen LogP contribution in [0.3, 0.4) is 0 Å². The van der Waals surface area contributed by atoms with Crippen LogP contribution in [0.4, 0.5) is 0 Å². The summed E-state index contributed by atoms with van der Waals surface area (Å²) in [5.41, 5.74) is 2.70. The molecule has 0 N–H and O–H groups in total. The third-order valence-corrected chi connectivity index (χ3v) is 3.37. The molecule has 1 aromatic heterocycles. The van der Waals surface area contributed by atoms with Gasteiger partial charge in [0.2, 0.25) is 0 Å². The van der Waals surface area contributed by atoms with Crippen molar-refractivity contribution in [3.05, 3.63) is 57.8 Å². The zero-order chi connectivity index (χ0) is 13.8. The summed E-state index contributed by atoms with van der Waals surface area (Å²) in [6, 6.07) is 9.99. The number of esters is 1. The summed E-state index contributed by atoms with van der Waals surface area (Å²) in [5.74, 6) is -0.264. The molecule has 3 nitrogen and oxygen atoms in total. The van der Waals surface area contributed by atoms with Crippen molar-refractivity contribution in [2.45, 2.75) is 20.4 Å². The van der Waals surface area contributed by atoms with E-state index in [-0.39, 0.29) is 5.97 Å². The molecule has 0 bridgehead atoms. The highest BCUT2D eigenvalue weighted by Crippen LogP contribution is 2.17. The number of benzene rings is 1. The van der Waals surface area contributed by atoms with Gasteiger partial charge in [-0.25, -0.2) is 4.79 Å². The van der Waals surface area contributed by atoms with Gasteiger partial charge in [0.05, 0.1) is 6.61 Å². The Morgan fingerprint density at radius 2 is 2.16 bits per heavy atom. The summed E-state index contributed by atoms with van der Waals surface area (Å²) < 4.78 is 8.06. The predicted octanol–water partition coefficient (Wildman–Crippen LogP) is 3.78. The lowest BCUT2D eigenvalue weighted by molar-refractivity contribution is 0.0513. The lowest BCUT2D eigenvalue weighted by Gasteiger charge is -2.10. The minimum Gasteiger partial charge on any atom is -0.461 e. The predicted molar refractivity (Wildman–Crippen MR) is 78.4 cm³/mol. The van der Waals surface area contributed by atoms with Crippen LogP contribution < -0.4 is 0 Å². The number of carbonyl (C=O) groups excluding carboxylic acids is 1. The molecule has 0 saturated carbocycles. The molecule has 0 aliphatic carbocycles. The Morgan fingerprint density at radius 1 is 1.37 bits per heavy atom. The second kappa shape index (κ2) is 6.06. The maximum atomic E-state index is 12.0. The van der Waals surface area contributed by atoms with Crippen molar-refractivity contribution in [2.24, 2.45) is 0 Å². The van der Waals surface area contributed by atoms with Gasteiger partial charge in [-0.15, -0.1) is 0 Å². The molecular weight excluding hydrogens is 306 g/mol. The Labute approximate surface area is 121 Å². The van der Waals surface area contributed by atoms with Crippen LogP contribution in [-0.4, -0.2) is 17.1 Å². The topological polar surface area (TPSA) is 31.2 Å². The van der Waals surface area contributed by atoms with Gasteiger partial charge in [-0.1, -0.05) is 28.1 Å². The van der Waals surface area contributed by atoms with E-state index < -0.39 is 0 Å². The standard InChI is InChI=1S/C15H16BrNO2/c1-3-19-15(18)14-11(2)7-8-17(14)10-12-5-4-6-13(16)9-12/h4-9H,3,10H2,1-2H3. The first kappa shape index (κ1) is 13.9. The summed E-state index contributed by atoms with van der Waals surface area (Å²) >= 11 is 3.45. The average molecular weight is 322 g/mol. The molecule has 0 radical (unpaired) electrons. The third kappa shape index (κ3) is 3.26. The number of hydrogen-bond donors (Lipinski definition) is 0. The average Bonchev–Trinajstić information content (AvgIpc) is 2.71. The Hall–Kier alpha value is -1.55. The van der Waals surface area contributed by atoms with Gasteiger partial charge in [0.15, 0.2) is 0 Å². The molecule has 100 valence electrons. The van der Waals surface area contributed by atoms with Crippen LogP contribution in [0, 0.1) is 6.92 Å². The van der Waals surface area contributed by atoms with E-state index in [0.717, 1.165) is 15.6 Å². The molecule has 0 aliphatic rings. The minimum atomic E-state index is -0.264. The van der Waals surface area contributed by atoms with E-state index in [2.05, 4.69) is 15.9 Å². The molecule has 19 heavy (non-hydrogen) atoms. The van der Waals surface area contributed by atoms with Gasteiger partial charge in [0.1, 0.15) is 5.69 Å². The molecule has 2 rings (SSSR count). The molecule has 0 spiro atoms. The van der Waals surface area contributed by atoms with E-state index in [0.29, 0.717) is 18.8 Å². The van der Waals surface area contributed by atoms with Crippen LogP contribution >= 0.6 is 15.9 Å². The van der Waals surface area contributed by atoms with Crippen molar-refractivity contribution >= 4 is 21.9 Å². The van der Waals surface area contributed by atoms with E-state index in [1.165, 1.54) is 0 Å². The van der Waals surface area contributed by atoms with E-state index in [4.69, 9.17) is 4.74 Å². The van der Waals surface area contributed by atoms with Gasteiger partial charge in [0, 0.05) is 17.2 Å². The molecule has 1 aromatic carbocycles. The number of aromatic nitrogens is 1. The fourth-order valence-electron chi connectivity index (χ4n) is 2.02. The van der Waals surface area contributed by atoms with Crippen LogP contribution in [-0.2, 0) is 11.3 Å². The maximum Gasteiger partial charge on any atom is 0.355 e. The number of halogens is 1. The van der Waals surface area contributed by atoms with Gasteiger partial charge in [0.25, 0.3) is 0 Å². The zero-order valence-corrected chi connectivity index (χ0v) is 12.6. The first-order chi connectivity index (χ1) is 9.11. The van der Waals surface area contributed by atoms with Crippen LogP contribution in [0.1, 0.15) is 28.5 Å².